The zero-order valence-corrected chi connectivity index (χ0v) is 15.5. The number of rotatable bonds is 3. The number of hydrogen-bond acceptors (Lipinski definition) is 3. The topological polar surface area (TPSA) is 41.6 Å². The first-order valence-corrected chi connectivity index (χ1v) is 9.25. The molecule has 23 heavy (non-hydrogen) atoms. The van der Waals surface area contributed by atoms with Gasteiger partial charge in [-0.15, -0.1) is 0 Å². The van der Waals surface area contributed by atoms with Crippen molar-refractivity contribution >= 4 is 21.8 Å². The molecule has 0 unspecified atom stereocenters. The summed E-state index contributed by atoms with van der Waals surface area (Å²) in [6, 6.07) is 5.66. The molecule has 2 aliphatic rings. The molecule has 2 saturated heterocycles. The smallest absolute Gasteiger partial charge is 0.257 e. The third-order valence-electron chi connectivity index (χ3n) is 4.98. The van der Waals surface area contributed by atoms with Crippen molar-refractivity contribution in [1.82, 2.24) is 10.2 Å². The van der Waals surface area contributed by atoms with Crippen molar-refractivity contribution < 1.29 is 9.53 Å². The molecule has 1 N–H and O–H groups in total. The van der Waals surface area contributed by atoms with Crippen molar-refractivity contribution in [2.45, 2.75) is 39.2 Å². The fourth-order valence-corrected chi connectivity index (χ4v) is 3.94. The van der Waals surface area contributed by atoms with Gasteiger partial charge in [0, 0.05) is 24.1 Å². The molecule has 0 aromatic heterocycles. The van der Waals surface area contributed by atoms with Gasteiger partial charge in [0.15, 0.2) is 0 Å². The molecule has 2 fully saturated rings. The molecule has 0 bridgehead atoms. The Balaban J connectivity index is 1.73. The Morgan fingerprint density at radius 1 is 1.30 bits per heavy atom. The molecule has 1 aromatic rings. The van der Waals surface area contributed by atoms with Gasteiger partial charge >= 0.3 is 0 Å². The van der Waals surface area contributed by atoms with E-state index in [0.29, 0.717) is 16.7 Å². The van der Waals surface area contributed by atoms with Crippen molar-refractivity contribution in [1.29, 1.82) is 0 Å². The maximum Gasteiger partial charge on any atom is 0.257 e. The number of hydrogen-bond donors (Lipinski definition) is 1. The number of nitrogens with one attached hydrogen (secondary N) is 1. The third kappa shape index (κ3) is 3.72. The first-order valence-electron chi connectivity index (χ1n) is 8.45. The number of likely N-dealkylation sites (tertiary alicyclic amines) is 1. The highest BCUT2D eigenvalue weighted by Crippen LogP contribution is 2.37. The molecule has 0 atom stereocenters. The Bertz CT molecular complexity index is 572. The van der Waals surface area contributed by atoms with Gasteiger partial charge < -0.3 is 15.0 Å². The fourth-order valence-electron chi connectivity index (χ4n) is 3.60. The van der Waals surface area contributed by atoms with E-state index in [1.54, 1.807) is 0 Å². The van der Waals surface area contributed by atoms with E-state index in [1.807, 2.05) is 36.9 Å². The highest BCUT2D eigenvalue weighted by atomic mass is 79.9. The van der Waals surface area contributed by atoms with Crippen LogP contribution in [0.15, 0.2) is 22.7 Å². The van der Waals surface area contributed by atoms with Crippen LogP contribution in [0.25, 0.3) is 0 Å². The van der Waals surface area contributed by atoms with Gasteiger partial charge in [-0.25, -0.2) is 0 Å². The van der Waals surface area contributed by atoms with E-state index in [2.05, 4.69) is 21.2 Å². The zero-order valence-electron chi connectivity index (χ0n) is 13.9. The number of benzene rings is 1. The fraction of sp³-hybridized carbons (Fsp3) is 0.611. The van der Waals surface area contributed by atoms with Crippen molar-refractivity contribution in [3.05, 3.63) is 28.2 Å². The van der Waals surface area contributed by atoms with Crippen LogP contribution in [0, 0.1) is 5.41 Å². The summed E-state index contributed by atoms with van der Waals surface area (Å²) in [7, 11) is 0. The van der Waals surface area contributed by atoms with E-state index >= 15 is 0 Å². The standard InChI is InChI=1S/C18H25BrN2O2/c1-13(2)23-16-11-14(19)3-4-15(16)17(22)21-9-6-18(7-10-21)5-8-20-12-18/h3-4,11,13,20H,5-10,12H2,1-2H3. The molecule has 1 aromatic carbocycles. The van der Waals surface area contributed by atoms with E-state index < -0.39 is 0 Å². The molecule has 0 radical (unpaired) electrons. The normalized spacial score (nSPS) is 20.3. The SMILES string of the molecule is CC(C)Oc1cc(Br)ccc1C(=O)N1CCC2(CCNC2)CC1. The van der Waals surface area contributed by atoms with Gasteiger partial charge in [-0.1, -0.05) is 15.9 Å². The number of amides is 1. The molecule has 1 amide bonds. The van der Waals surface area contributed by atoms with Crippen molar-refractivity contribution in [3.63, 3.8) is 0 Å². The van der Waals surface area contributed by atoms with Crippen LogP contribution < -0.4 is 10.1 Å². The number of carbonyl (C=O) groups is 1. The van der Waals surface area contributed by atoms with E-state index in [1.165, 1.54) is 6.42 Å². The maximum atomic E-state index is 12.9. The summed E-state index contributed by atoms with van der Waals surface area (Å²) in [5, 5.41) is 3.47. The van der Waals surface area contributed by atoms with Gasteiger partial charge in [-0.3, -0.25) is 4.79 Å². The van der Waals surface area contributed by atoms with Gasteiger partial charge in [0.05, 0.1) is 11.7 Å². The van der Waals surface area contributed by atoms with Crippen LogP contribution in [0.2, 0.25) is 0 Å². The van der Waals surface area contributed by atoms with Crippen LogP contribution >= 0.6 is 15.9 Å². The number of piperidine rings is 1. The number of nitrogens with zero attached hydrogens (tertiary/aromatic N) is 1. The lowest BCUT2D eigenvalue weighted by Crippen LogP contribution is -2.44. The Hall–Kier alpha value is -1.07. The summed E-state index contributed by atoms with van der Waals surface area (Å²) < 4.78 is 6.77. The highest BCUT2D eigenvalue weighted by molar-refractivity contribution is 9.10. The van der Waals surface area contributed by atoms with Gasteiger partial charge in [0.25, 0.3) is 5.91 Å². The minimum Gasteiger partial charge on any atom is -0.490 e. The van der Waals surface area contributed by atoms with Crippen molar-refractivity contribution in [3.8, 4) is 5.75 Å². The average Bonchev–Trinajstić information content (AvgIpc) is 2.95. The van der Waals surface area contributed by atoms with Gasteiger partial charge in [0.1, 0.15) is 5.75 Å². The Labute approximate surface area is 146 Å². The molecule has 2 aliphatic heterocycles. The first-order chi connectivity index (χ1) is 11.0. The molecule has 0 saturated carbocycles. The van der Waals surface area contributed by atoms with Crippen LogP contribution in [0.4, 0.5) is 0 Å². The molecule has 4 nitrogen and oxygen atoms in total. The van der Waals surface area contributed by atoms with Crippen LogP contribution in [-0.2, 0) is 0 Å². The summed E-state index contributed by atoms with van der Waals surface area (Å²) in [5.74, 6) is 0.760. The molecule has 5 heteroatoms. The van der Waals surface area contributed by atoms with Crippen LogP contribution in [0.1, 0.15) is 43.5 Å². The molecule has 2 heterocycles. The molecule has 0 aliphatic carbocycles. The lowest BCUT2D eigenvalue weighted by Gasteiger charge is -2.39. The van der Waals surface area contributed by atoms with E-state index in [4.69, 9.17) is 4.74 Å². The predicted molar refractivity (Wildman–Crippen MR) is 95.0 cm³/mol. The highest BCUT2D eigenvalue weighted by Gasteiger charge is 2.38. The van der Waals surface area contributed by atoms with Crippen LogP contribution in [-0.4, -0.2) is 43.1 Å². The Morgan fingerprint density at radius 3 is 2.65 bits per heavy atom. The lowest BCUT2D eigenvalue weighted by molar-refractivity contribution is 0.0602. The summed E-state index contributed by atoms with van der Waals surface area (Å²) in [5.41, 5.74) is 1.09. The molecule has 3 rings (SSSR count). The minimum absolute atomic E-state index is 0.0463. The molecular weight excluding hydrogens is 356 g/mol. The van der Waals surface area contributed by atoms with Gasteiger partial charge in [0.2, 0.25) is 0 Å². The van der Waals surface area contributed by atoms with Gasteiger partial charge in [-0.2, -0.15) is 0 Å². The molecule has 1 spiro atoms. The summed E-state index contributed by atoms with van der Waals surface area (Å²) in [6.07, 6.45) is 3.49. The van der Waals surface area contributed by atoms with Crippen molar-refractivity contribution in [2.24, 2.45) is 5.41 Å². The number of halogens is 1. The lowest BCUT2D eigenvalue weighted by atomic mass is 9.78. The molecular formula is C18H25BrN2O2. The van der Waals surface area contributed by atoms with Crippen molar-refractivity contribution in [2.75, 3.05) is 26.2 Å². The largest absolute Gasteiger partial charge is 0.490 e. The Morgan fingerprint density at radius 2 is 2.04 bits per heavy atom. The molecule has 126 valence electrons. The third-order valence-corrected chi connectivity index (χ3v) is 5.47. The average molecular weight is 381 g/mol. The minimum atomic E-state index is 0.0463. The van der Waals surface area contributed by atoms with E-state index in [-0.39, 0.29) is 12.0 Å². The predicted octanol–water partition coefficient (Wildman–Crippen LogP) is 3.45. The Kier molecular flexibility index (Phi) is 4.97. The second kappa shape index (κ2) is 6.81. The quantitative estimate of drug-likeness (QED) is 0.872. The monoisotopic (exact) mass is 380 g/mol. The number of ether oxygens (including phenoxy) is 1. The van der Waals surface area contributed by atoms with Gasteiger partial charge in [-0.05, 0) is 63.3 Å². The van der Waals surface area contributed by atoms with Crippen LogP contribution in [0.3, 0.4) is 0 Å². The summed E-state index contributed by atoms with van der Waals surface area (Å²) in [6.45, 7) is 7.87. The summed E-state index contributed by atoms with van der Waals surface area (Å²) >= 11 is 3.46. The second-order valence-electron chi connectivity index (χ2n) is 7.03. The number of carbonyl (C=O) groups excluding carboxylic acids is 1. The second-order valence-corrected chi connectivity index (χ2v) is 7.94. The maximum absolute atomic E-state index is 12.9. The van der Waals surface area contributed by atoms with E-state index in [0.717, 1.165) is 43.5 Å². The summed E-state index contributed by atoms with van der Waals surface area (Å²) in [4.78, 5) is 14.9. The first kappa shape index (κ1) is 16.8. The zero-order chi connectivity index (χ0) is 16.4. The van der Waals surface area contributed by atoms with E-state index in [9.17, 15) is 4.79 Å². The van der Waals surface area contributed by atoms with Crippen LogP contribution in [0.5, 0.6) is 5.75 Å².